The van der Waals surface area contributed by atoms with Crippen LogP contribution in [0.4, 0.5) is 13.2 Å². The van der Waals surface area contributed by atoms with Crippen molar-refractivity contribution in [2.45, 2.75) is 25.6 Å². The predicted octanol–water partition coefficient (Wildman–Crippen LogP) is 2.53. The van der Waals surface area contributed by atoms with E-state index in [-0.39, 0.29) is 12.1 Å². The number of halogens is 3. The Balaban J connectivity index is 2.53. The Labute approximate surface area is 99.0 Å². The maximum atomic E-state index is 12.6. The molecule has 0 spiro atoms. The van der Waals surface area contributed by atoms with Gasteiger partial charge in [-0.15, -0.1) is 0 Å². The average Bonchev–Trinajstić information content (AvgIpc) is 2.28. The van der Waals surface area contributed by atoms with E-state index in [0.29, 0.717) is 13.1 Å². The van der Waals surface area contributed by atoms with Gasteiger partial charge in [0, 0.05) is 6.54 Å². The van der Waals surface area contributed by atoms with E-state index in [0.717, 1.165) is 18.9 Å². The minimum Gasteiger partial charge on any atom is -0.330 e. The van der Waals surface area contributed by atoms with Gasteiger partial charge in [0.1, 0.15) is 0 Å². The second-order valence-corrected chi connectivity index (χ2v) is 3.83. The lowest BCUT2D eigenvalue weighted by Crippen LogP contribution is -2.19. The van der Waals surface area contributed by atoms with E-state index in [1.165, 1.54) is 12.1 Å². The largest absolute Gasteiger partial charge is 0.416 e. The second-order valence-electron chi connectivity index (χ2n) is 3.83. The zero-order chi connectivity index (χ0) is 12.7. The molecule has 1 aromatic carbocycles. The molecule has 0 bridgehead atoms. The van der Waals surface area contributed by atoms with Crippen LogP contribution in [0, 0.1) is 0 Å². The Morgan fingerprint density at radius 2 is 1.82 bits per heavy atom. The second kappa shape index (κ2) is 6.61. The first-order chi connectivity index (χ1) is 8.05. The zero-order valence-electron chi connectivity index (χ0n) is 9.56. The molecule has 0 atom stereocenters. The number of alkyl halides is 3. The van der Waals surface area contributed by atoms with E-state index in [1.54, 1.807) is 6.07 Å². The Bertz CT molecular complexity index is 337. The first-order valence-corrected chi connectivity index (χ1v) is 5.61. The summed E-state index contributed by atoms with van der Waals surface area (Å²) in [6.07, 6.45) is -2.52. The van der Waals surface area contributed by atoms with Crippen molar-refractivity contribution in [1.82, 2.24) is 5.32 Å². The molecule has 0 radical (unpaired) electrons. The minimum absolute atomic E-state index is 0.236. The van der Waals surface area contributed by atoms with Crippen LogP contribution in [0.15, 0.2) is 24.3 Å². The molecular weight excluding hydrogens is 229 g/mol. The number of rotatable bonds is 6. The molecule has 2 nitrogen and oxygen atoms in total. The van der Waals surface area contributed by atoms with Crippen molar-refractivity contribution in [1.29, 1.82) is 0 Å². The topological polar surface area (TPSA) is 38.0 Å². The van der Waals surface area contributed by atoms with Gasteiger partial charge in [-0.3, -0.25) is 0 Å². The molecule has 0 aliphatic rings. The fraction of sp³-hybridized carbons (Fsp3) is 0.500. The van der Waals surface area contributed by atoms with E-state index in [1.807, 2.05) is 0 Å². The fourth-order valence-corrected chi connectivity index (χ4v) is 1.57. The van der Waals surface area contributed by atoms with Gasteiger partial charge in [0.15, 0.2) is 0 Å². The Kier molecular flexibility index (Phi) is 5.44. The van der Waals surface area contributed by atoms with Crippen LogP contribution in [0.1, 0.15) is 24.0 Å². The van der Waals surface area contributed by atoms with Crippen molar-refractivity contribution in [3.8, 4) is 0 Å². The summed E-state index contributed by atoms with van der Waals surface area (Å²) in [5, 5.41) is 2.99. The van der Waals surface area contributed by atoms with Crippen LogP contribution in [0.5, 0.6) is 0 Å². The number of hydrogen-bond acceptors (Lipinski definition) is 2. The number of hydrogen-bond donors (Lipinski definition) is 2. The van der Waals surface area contributed by atoms with Crippen LogP contribution in [0.25, 0.3) is 0 Å². The van der Waals surface area contributed by atoms with Crippen molar-refractivity contribution >= 4 is 0 Å². The summed E-state index contributed by atoms with van der Waals surface area (Å²) in [5.41, 5.74) is 5.05. The smallest absolute Gasteiger partial charge is 0.330 e. The van der Waals surface area contributed by atoms with E-state index in [9.17, 15) is 13.2 Å². The van der Waals surface area contributed by atoms with Crippen molar-refractivity contribution in [2.24, 2.45) is 5.73 Å². The maximum Gasteiger partial charge on any atom is 0.416 e. The third-order valence-electron chi connectivity index (χ3n) is 2.45. The number of benzene rings is 1. The zero-order valence-corrected chi connectivity index (χ0v) is 9.56. The molecule has 0 saturated carbocycles. The molecule has 0 saturated heterocycles. The maximum absolute atomic E-state index is 12.6. The number of unbranched alkanes of at least 4 members (excludes halogenated alkanes) is 1. The van der Waals surface area contributed by atoms with Gasteiger partial charge < -0.3 is 11.1 Å². The molecule has 0 aliphatic carbocycles. The van der Waals surface area contributed by atoms with Crippen LogP contribution < -0.4 is 11.1 Å². The van der Waals surface area contributed by atoms with Gasteiger partial charge >= 0.3 is 6.18 Å². The Morgan fingerprint density at radius 3 is 2.47 bits per heavy atom. The summed E-state index contributed by atoms with van der Waals surface area (Å²) >= 11 is 0. The molecule has 0 unspecified atom stereocenters. The molecule has 17 heavy (non-hydrogen) atoms. The molecule has 96 valence electrons. The lowest BCUT2D eigenvalue weighted by molar-refractivity contribution is -0.138. The third kappa shape index (κ3) is 4.75. The van der Waals surface area contributed by atoms with Crippen LogP contribution in [0.3, 0.4) is 0 Å². The van der Waals surface area contributed by atoms with Crippen molar-refractivity contribution < 1.29 is 13.2 Å². The highest BCUT2D eigenvalue weighted by Gasteiger charge is 2.32. The van der Waals surface area contributed by atoms with Gasteiger partial charge in [0.25, 0.3) is 0 Å². The number of nitrogens with two attached hydrogens (primary N) is 1. The molecule has 0 heterocycles. The first kappa shape index (κ1) is 14.0. The van der Waals surface area contributed by atoms with Gasteiger partial charge in [0.2, 0.25) is 0 Å². The molecule has 0 aromatic heterocycles. The highest BCUT2D eigenvalue weighted by molar-refractivity contribution is 5.29. The summed E-state index contributed by atoms with van der Waals surface area (Å²) < 4.78 is 37.9. The SMILES string of the molecule is NCCCCNCc1ccccc1C(F)(F)F. The summed E-state index contributed by atoms with van der Waals surface area (Å²) in [6, 6.07) is 5.63. The molecular formula is C12H17F3N2. The highest BCUT2D eigenvalue weighted by Crippen LogP contribution is 2.31. The van der Waals surface area contributed by atoms with Crippen molar-refractivity contribution in [3.63, 3.8) is 0 Å². The van der Waals surface area contributed by atoms with Crippen LogP contribution in [-0.2, 0) is 12.7 Å². The van der Waals surface area contributed by atoms with Gasteiger partial charge in [-0.1, -0.05) is 18.2 Å². The molecule has 0 amide bonds. The van der Waals surface area contributed by atoms with E-state index in [2.05, 4.69) is 5.32 Å². The molecule has 0 aliphatic heterocycles. The van der Waals surface area contributed by atoms with Crippen LogP contribution in [0.2, 0.25) is 0 Å². The Hall–Kier alpha value is -1.07. The van der Waals surface area contributed by atoms with Gasteiger partial charge in [-0.25, -0.2) is 0 Å². The van der Waals surface area contributed by atoms with E-state index < -0.39 is 11.7 Å². The number of nitrogens with one attached hydrogen (secondary N) is 1. The molecule has 5 heteroatoms. The standard InChI is InChI=1S/C12H17F3N2/c13-12(14,15)11-6-2-1-5-10(11)9-17-8-4-3-7-16/h1-2,5-6,17H,3-4,7-9,16H2. The van der Waals surface area contributed by atoms with Crippen molar-refractivity contribution in [3.05, 3.63) is 35.4 Å². The normalized spacial score (nSPS) is 11.8. The van der Waals surface area contributed by atoms with Crippen molar-refractivity contribution in [2.75, 3.05) is 13.1 Å². The minimum atomic E-state index is -4.28. The van der Waals surface area contributed by atoms with Gasteiger partial charge in [-0.2, -0.15) is 13.2 Å². The third-order valence-corrected chi connectivity index (χ3v) is 2.45. The van der Waals surface area contributed by atoms with Gasteiger partial charge in [-0.05, 0) is 37.6 Å². The van der Waals surface area contributed by atoms with E-state index >= 15 is 0 Å². The lowest BCUT2D eigenvalue weighted by Gasteiger charge is -2.13. The highest BCUT2D eigenvalue weighted by atomic mass is 19.4. The summed E-state index contributed by atoms with van der Waals surface area (Å²) in [7, 11) is 0. The summed E-state index contributed by atoms with van der Waals surface area (Å²) in [4.78, 5) is 0. The monoisotopic (exact) mass is 246 g/mol. The predicted molar refractivity (Wildman–Crippen MR) is 61.4 cm³/mol. The fourth-order valence-electron chi connectivity index (χ4n) is 1.57. The lowest BCUT2D eigenvalue weighted by atomic mass is 10.1. The molecule has 1 aromatic rings. The summed E-state index contributed by atoms with van der Waals surface area (Å²) in [5.74, 6) is 0. The molecule has 0 fully saturated rings. The molecule has 1 rings (SSSR count). The molecule has 3 N–H and O–H groups in total. The first-order valence-electron chi connectivity index (χ1n) is 5.61. The van der Waals surface area contributed by atoms with Crippen LogP contribution >= 0.6 is 0 Å². The Morgan fingerprint density at radius 1 is 1.12 bits per heavy atom. The summed E-state index contributed by atoms with van der Waals surface area (Å²) in [6.45, 7) is 1.53. The van der Waals surface area contributed by atoms with E-state index in [4.69, 9.17) is 5.73 Å². The quantitative estimate of drug-likeness (QED) is 0.757. The van der Waals surface area contributed by atoms with Crippen LogP contribution in [-0.4, -0.2) is 13.1 Å². The average molecular weight is 246 g/mol. The van der Waals surface area contributed by atoms with Gasteiger partial charge in [0.05, 0.1) is 5.56 Å².